The SMILES string of the molecule is c1ccc(-c2cccc(-c3nc(-c4cccc5c4oc4ccccc45)nc(-c4cc(C5CCc6cc7ccccc7cc6-c6cc7ccccc7cc65)cc5oc6ccccc6c45)n3)c2)cc1. The molecule has 0 saturated carbocycles. The van der Waals surface area contributed by atoms with Crippen LogP contribution in [0.25, 0.3) is 122 Å². The largest absolute Gasteiger partial charge is 0.456 e. The molecule has 0 saturated heterocycles. The molecule has 0 radical (unpaired) electrons. The van der Waals surface area contributed by atoms with Gasteiger partial charge in [0.15, 0.2) is 17.5 Å². The van der Waals surface area contributed by atoms with Gasteiger partial charge in [-0.1, -0.05) is 152 Å². The summed E-state index contributed by atoms with van der Waals surface area (Å²) in [6.07, 6.45) is 1.83. The molecule has 1 atom stereocenters. The molecular formula is C62H39N3O2. The topological polar surface area (TPSA) is 65.0 Å². The molecule has 67 heavy (non-hydrogen) atoms. The Morgan fingerprint density at radius 1 is 0.373 bits per heavy atom. The van der Waals surface area contributed by atoms with Crippen LogP contribution in [0.5, 0.6) is 0 Å². The van der Waals surface area contributed by atoms with E-state index in [1.165, 1.54) is 43.8 Å². The van der Waals surface area contributed by atoms with Crippen LogP contribution in [0.3, 0.4) is 0 Å². The minimum absolute atomic E-state index is 0.0408. The monoisotopic (exact) mass is 857 g/mol. The molecule has 0 fully saturated rings. The van der Waals surface area contributed by atoms with E-state index in [0.29, 0.717) is 17.5 Å². The van der Waals surface area contributed by atoms with Gasteiger partial charge in [0.1, 0.15) is 22.3 Å². The van der Waals surface area contributed by atoms with Gasteiger partial charge in [0.25, 0.3) is 0 Å². The molecule has 0 spiro atoms. The van der Waals surface area contributed by atoms with Crippen LogP contribution >= 0.6 is 0 Å². The Morgan fingerprint density at radius 3 is 1.78 bits per heavy atom. The summed E-state index contributed by atoms with van der Waals surface area (Å²) in [5, 5.41) is 9.03. The summed E-state index contributed by atoms with van der Waals surface area (Å²) in [7, 11) is 0. The Kier molecular flexibility index (Phi) is 8.40. The first-order valence-corrected chi connectivity index (χ1v) is 23.0. The van der Waals surface area contributed by atoms with Crippen molar-refractivity contribution in [2.45, 2.75) is 18.8 Å². The first kappa shape index (κ1) is 37.7. The first-order chi connectivity index (χ1) is 33.2. The molecular weight excluding hydrogens is 819 g/mol. The van der Waals surface area contributed by atoms with Crippen molar-refractivity contribution in [1.82, 2.24) is 15.0 Å². The minimum atomic E-state index is 0.0408. The minimum Gasteiger partial charge on any atom is -0.456 e. The number of aryl methyl sites for hydroxylation is 1. The standard InChI is InChI=1S/C62H39N3O2/c1-2-14-37(15-3-1)38-20-12-21-44(31-38)60-63-61(50-25-13-24-48-47-22-8-10-26-55(47)67-59(48)50)65-62(64-60)54-35-45(36-57-58(54)49-23-9-11-27-56(49)66-57)46-29-28-43-30-39-16-4-5-17-40(39)32-51(43)53-34-42-19-7-6-18-41(42)33-52(46)53/h1-27,30-36,46H,28-29H2. The zero-order valence-corrected chi connectivity index (χ0v) is 36.3. The number of aromatic nitrogens is 3. The van der Waals surface area contributed by atoms with Crippen molar-refractivity contribution in [3.05, 3.63) is 223 Å². The molecule has 5 heteroatoms. The molecule has 0 N–H and O–H groups in total. The van der Waals surface area contributed by atoms with Crippen molar-refractivity contribution in [1.29, 1.82) is 0 Å². The smallest absolute Gasteiger partial charge is 0.167 e. The molecule has 10 aromatic carbocycles. The van der Waals surface area contributed by atoms with Crippen LogP contribution in [-0.4, -0.2) is 15.0 Å². The van der Waals surface area contributed by atoms with E-state index >= 15 is 0 Å². The number of para-hydroxylation sites is 3. The third-order valence-electron chi connectivity index (χ3n) is 13.9. The van der Waals surface area contributed by atoms with Crippen molar-refractivity contribution in [3.63, 3.8) is 0 Å². The molecule has 0 bridgehead atoms. The van der Waals surface area contributed by atoms with E-state index in [1.54, 1.807) is 0 Å². The Morgan fingerprint density at radius 2 is 0.970 bits per heavy atom. The quantitative estimate of drug-likeness (QED) is 0.172. The normalized spacial score (nSPS) is 13.7. The first-order valence-electron chi connectivity index (χ1n) is 23.0. The highest BCUT2D eigenvalue weighted by molar-refractivity contribution is 6.13. The summed E-state index contributed by atoms with van der Waals surface area (Å²) in [5.41, 5.74) is 14.4. The van der Waals surface area contributed by atoms with Crippen LogP contribution in [0.15, 0.2) is 215 Å². The second-order valence-corrected chi connectivity index (χ2v) is 17.8. The number of furan rings is 2. The van der Waals surface area contributed by atoms with E-state index in [0.717, 1.165) is 90.1 Å². The van der Waals surface area contributed by atoms with E-state index < -0.39 is 0 Å². The molecule has 0 amide bonds. The van der Waals surface area contributed by atoms with Gasteiger partial charge in [-0.15, -0.1) is 0 Å². The second-order valence-electron chi connectivity index (χ2n) is 17.8. The van der Waals surface area contributed by atoms with Gasteiger partial charge in [0, 0.05) is 38.6 Å². The number of fused-ring (bicyclic) bond motifs is 11. The maximum Gasteiger partial charge on any atom is 0.167 e. The summed E-state index contributed by atoms with van der Waals surface area (Å²) in [6, 6.07) is 73.3. The third-order valence-corrected chi connectivity index (χ3v) is 13.9. The van der Waals surface area contributed by atoms with Crippen molar-refractivity contribution >= 4 is 65.4 Å². The van der Waals surface area contributed by atoms with E-state index in [1.807, 2.05) is 30.3 Å². The summed E-state index contributed by atoms with van der Waals surface area (Å²) in [4.78, 5) is 16.2. The lowest BCUT2D eigenvalue weighted by molar-refractivity contribution is 0.665. The van der Waals surface area contributed by atoms with Gasteiger partial charge in [-0.05, 0) is 128 Å². The molecule has 1 aliphatic carbocycles. The lowest BCUT2D eigenvalue weighted by atomic mass is 9.83. The van der Waals surface area contributed by atoms with Crippen LogP contribution in [-0.2, 0) is 6.42 Å². The summed E-state index contributed by atoms with van der Waals surface area (Å²) >= 11 is 0. The van der Waals surface area contributed by atoms with Gasteiger partial charge < -0.3 is 8.83 Å². The number of benzene rings is 10. The Hall–Kier alpha value is -8.67. The predicted molar refractivity (Wildman–Crippen MR) is 273 cm³/mol. The van der Waals surface area contributed by atoms with Gasteiger partial charge in [-0.2, -0.15) is 0 Å². The maximum atomic E-state index is 6.85. The molecule has 314 valence electrons. The highest BCUT2D eigenvalue weighted by atomic mass is 16.3. The molecule has 1 unspecified atom stereocenters. The Labute approximate surface area is 385 Å². The van der Waals surface area contributed by atoms with Gasteiger partial charge in [-0.25, -0.2) is 15.0 Å². The molecule has 13 aromatic rings. The van der Waals surface area contributed by atoms with Gasteiger partial charge in [0.05, 0.1) is 5.56 Å². The average Bonchev–Trinajstić information content (AvgIpc) is 3.92. The zero-order chi connectivity index (χ0) is 44.0. The van der Waals surface area contributed by atoms with Crippen LogP contribution in [0.4, 0.5) is 0 Å². The van der Waals surface area contributed by atoms with Crippen molar-refractivity contribution in [3.8, 4) is 56.4 Å². The van der Waals surface area contributed by atoms with Gasteiger partial charge in [-0.3, -0.25) is 0 Å². The van der Waals surface area contributed by atoms with Crippen molar-refractivity contribution < 1.29 is 8.83 Å². The van der Waals surface area contributed by atoms with E-state index in [9.17, 15) is 0 Å². The number of hydrogen-bond acceptors (Lipinski definition) is 5. The molecule has 14 rings (SSSR count). The highest BCUT2D eigenvalue weighted by Gasteiger charge is 2.28. The van der Waals surface area contributed by atoms with Crippen molar-refractivity contribution in [2.75, 3.05) is 0 Å². The molecule has 3 heterocycles. The predicted octanol–water partition coefficient (Wildman–Crippen LogP) is 16.4. The zero-order valence-electron chi connectivity index (χ0n) is 36.3. The highest BCUT2D eigenvalue weighted by Crippen LogP contribution is 2.47. The lowest BCUT2D eigenvalue weighted by Gasteiger charge is -2.21. The number of rotatable bonds is 5. The fourth-order valence-electron chi connectivity index (χ4n) is 10.7. The third kappa shape index (κ3) is 6.19. The number of nitrogens with zero attached hydrogens (tertiary/aromatic N) is 3. The molecule has 1 aliphatic rings. The fourth-order valence-corrected chi connectivity index (χ4v) is 10.7. The fraction of sp³-hybridized carbons (Fsp3) is 0.0484. The summed E-state index contributed by atoms with van der Waals surface area (Å²) in [6.45, 7) is 0. The Balaban J connectivity index is 1.03. The van der Waals surface area contributed by atoms with Gasteiger partial charge in [0.2, 0.25) is 0 Å². The van der Waals surface area contributed by atoms with Gasteiger partial charge >= 0.3 is 0 Å². The maximum absolute atomic E-state index is 6.85. The number of hydrogen-bond donors (Lipinski definition) is 0. The molecule has 5 nitrogen and oxygen atoms in total. The van der Waals surface area contributed by atoms with E-state index in [2.05, 4.69) is 176 Å². The summed E-state index contributed by atoms with van der Waals surface area (Å²) < 4.78 is 13.5. The van der Waals surface area contributed by atoms with Crippen LogP contribution in [0.2, 0.25) is 0 Å². The Bertz CT molecular complexity index is 4130. The van der Waals surface area contributed by atoms with Crippen LogP contribution in [0.1, 0.15) is 29.0 Å². The lowest BCUT2D eigenvalue weighted by Crippen LogP contribution is -2.05. The molecule has 3 aromatic heterocycles. The van der Waals surface area contributed by atoms with E-state index in [4.69, 9.17) is 23.8 Å². The van der Waals surface area contributed by atoms with E-state index in [-0.39, 0.29) is 5.92 Å². The van der Waals surface area contributed by atoms with Crippen LogP contribution < -0.4 is 0 Å². The summed E-state index contributed by atoms with van der Waals surface area (Å²) in [5.74, 6) is 1.72. The second kappa shape index (κ2) is 14.9. The van der Waals surface area contributed by atoms with Crippen molar-refractivity contribution in [2.24, 2.45) is 0 Å². The van der Waals surface area contributed by atoms with Crippen LogP contribution in [0, 0.1) is 0 Å². The average molecular weight is 858 g/mol. The molecule has 0 aliphatic heterocycles.